The lowest BCUT2D eigenvalue weighted by molar-refractivity contribution is 0.197. The second kappa shape index (κ2) is 5.50. The zero-order chi connectivity index (χ0) is 14.1. The highest BCUT2D eigenvalue weighted by atomic mass is 35.5. The molecule has 0 saturated carbocycles. The molecule has 2 aliphatic rings. The van der Waals surface area contributed by atoms with E-state index in [1.54, 1.807) is 0 Å². The van der Waals surface area contributed by atoms with Crippen molar-refractivity contribution in [2.45, 2.75) is 12.6 Å². The summed E-state index contributed by atoms with van der Waals surface area (Å²) in [5, 5.41) is 6.87. The predicted molar refractivity (Wildman–Crippen MR) is 80.3 cm³/mol. The quantitative estimate of drug-likeness (QED) is 0.883. The number of para-hydroxylation sites is 1. The van der Waals surface area contributed by atoms with E-state index in [0.29, 0.717) is 0 Å². The Morgan fingerprint density at radius 2 is 2.30 bits per heavy atom. The SMILES string of the molecule is CNCc1cccc(Cl)c1N1CCN2C(=O)NCC2C1. The van der Waals surface area contributed by atoms with Crippen molar-refractivity contribution in [2.24, 2.45) is 0 Å². The summed E-state index contributed by atoms with van der Waals surface area (Å²) in [5.41, 5.74) is 2.30. The average Bonchev–Trinajstić information content (AvgIpc) is 2.80. The lowest BCUT2D eigenvalue weighted by atomic mass is 10.1. The number of anilines is 1. The van der Waals surface area contributed by atoms with Crippen molar-refractivity contribution in [3.63, 3.8) is 0 Å². The lowest BCUT2D eigenvalue weighted by Gasteiger charge is -2.39. The molecule has 1 unspecified atom stereocenters. The number of benzene rings is 1. The van der Waals surface area contributed by atoms with Gasteiger partial charge in [0.2, 0.25) is 0 Å². The van der Waals surface area contributed by atoms with Crippen molar-refractivity contribution in [1.29, 1.82) is 0 Å². The Bertz CT molecular complexity index is 522. The van der Waals surface area contributed by atoms with Crippen LogP contribution in [0.1, 0.15) is 5.56 Å². The van der Waals surface area contributed by atoms with E-state index in [0.717, 1.165) is 43.4 Å². The van der Waals surface area contributed by atoms with Crippen LogP contribution in [0.15, 0.2) is 18.2 Å². The van der Waals surface area contributed by atoms with Crippen LogP contribution in [0.25, 0.3) is 0 Å². The molecule has 0 radical (unpaired) electrons. The molecule has 2 amide bonds. The van der Waals surface area contributed by atoms with E-state index in [1.807, 2.05) is 24.1 Å². The molecule has 20 heavy (non-hydrogen) atoms. The Kier molecular flexibility index (Phi) is 3.72. The topological polar surface area (TPSA) is 47.6 Å². The molecular formula is C14H19ClN4O. The summed E-state index contributed by atoms with van der Waals surface area (Å²) >= 11 is 6.40. The molecule has 0 bridgehead atoms. The molecule has 2 saturated heterocycles. The van der Waals surface area contributed by atoms with Gasteiger partial charge in [-0.25, -0.2) is 4.79 Å². The summed E-state index contributed by atoms with van der Waals surface area (Å²) in [6.07, 6.45) is 0. The number of nitrogens with one attached hydrogen (secondary N) is 2. The highest BCUT2D eigenvalue weighted by Crippen LogP contribution is 2.32. The monoisotopic (exact) mass is 294 g/mol. The van der Waals surface area contributed by atoms with Gasteiger partial charge in [-0.1, -0.05) is 23.7 Å². The zero-order valence-corrected chi connectivity index (χ0v) is 12.3. The Morgan fingerprint density at radius 3 is 3.10 bits per heavy atom. The van der Waals surface area contributed by atoms with Crippen LogP contribution in [0.4, 0.5) is 10.5 Å². The molecule has 5 nitrogen and oxygen atoms in total. The Morgan fingerprint density at radius 1 is 1.45 bits per heavy atom. The van der Waals surface area contributed by atoms with Gasteiger partial charge in [0.05, 0.1) is 16.8 Å². The first kappa shape index (κ1) is 13.5. The number of amides is 2. The first-order valence-corrected chi connectivity index (χ1v) is 7.30. The van der Waals surface area contributed by atoms with Crippen LogP contribution in [-0.2, 0) is 6.54 Å². The maximum Gasteiger partial charge on any atom is 0.317 e. The van der Waals surface area contributed by atoms with Crippen LogP contribution in [0.5, 0.6) is 0 Å². The first-order valence-electron chi connectivity index (χ1n) is 6.92. The standard InChI is InChI=1S/C14H19ClN4O/c1-16-7-10-3-2-4-12(15)13(10)18-5-6-19-11(9-18)8-17-14(19)20/h2-4,11,16H,5-9H2,1H3,(H,17,20). The second-order valence-corrected chi connectivity index (χ2v) is 5.66. The van der Waals surface area contributed by atoms with Gasteiger partial charge in [-0.15, -0.1) is 0 Å². The molecule has 1 aromatic rings. The summed E-state index contributed by atoms with van der Waals surface area (Å²) in [6.45, 7) is 3.92. The van der Waals surface area contributed by atoms with Crippen LogP contribution < -0.4 is 15.5 Å². The third-order valence-corrected chi connectivity index (χ3v) is 4.29. The fourth-order valence-corrected chi connectivity index (χ4v) is 3.37. The number of rotatable bonds is 3. The van der Waals surface area contributed by atoms with Crippen LogP contribution in [0, 0.1) is 0 Å². The minimum absolute atomic E-state index is 0.0595. The lowest BCUT2D eigenvalue weighted by Crippen LogP contribution is -2.52. The summed E-state index contributed by atoms with van der Waals surface area (Å²) in [7, 11) is 1.93. The minimum Gasteiger partial charge on any atom is -0.366 e. The number of carbonyl (C=O) groups is 1. The molecule has 0 spiro atoms. The van der Waals surface area contributed by atoms with Crippen molar-refractivity contribution in [3.8, 4) is 0 Å². The molecule has 2 heterocycles. The maximum absolute atomic E-state index is 11.6. The zero-order valence-electron chi connectivity index (χ0n) is 11.5. The maximum atomic E-state index is 11.6. The number of nitrogens with zero attached hydrogens (tertiary/aromatic N) is 2. The van der Waals surface area contributed by atoms with Gasteiger partial charge in [-0.05, 0) is 18.7 Å². The number of hydrogen-bond donors (Lipinski definition) is 2. The number of piperazine rings is 1. The molecule has 0 aromatic heterocycles. The highest BCUT2D eigenvalue weighted by Gasteiger charge is 2.36. The second-order valence-electron chi connectivity index (χ2n) is 5.26. The van der Waals surface area contributed by atoms with E-state index < -0.39 is 0 Å². The third-order valence-electron chi connectivity index (χ3n) is 3.99. The van der Waals surface area contributed by atoms with E-state index in [2.05, 4.69) is 21.6 Å². The Labute approximate surface area is 123 Å². The Balaban J connectivity index is 1.85. The summed E-state index contributed by atoms with van der Waals surface area (Å²) in [4.78, 5) is 15.9. The van der Waals surface area contributed by atoms with Crippen LogP contribution in [-0.4, -0.2) is 50.2 Å². The van der Waals surface area contributed by atoms with Gasteiger partial charge >= 0.3 is 6.03 Å². The van der Waals surface area contributed by atoms with Gasteiger partial charge < -0.3 is 20.4 Å². The van der Waals surface area contributed by atoms with Crippen molar-refractivity contribution >= 4 is 23.3 Å². The number of halogens is 1. The third kappa shape index (κ3) is 2.31. The van der Waals surface area contributed by atoms with Gasteiger partial charge in [0, 0.05) is 32.7 Å². The average molecular weight is 295 g/mol. The highest BCUT2D eigenvalue weighted by molar-refractivity contribution is 6.33. The molecule has 1 atom stereocenters. The van der Waals surface area contributed by atoms with Gasteiger partial charge in [0.15, 0.2) is 0 Å². The van der Waals surface area contributed by atoms with E-state index in [-0.39, 0.29) is 12.1 Å². The first-order chi connectivity index (χ1) is 9.70. The van der Waals surface area contributed by atoms with Crippen LogP contribution >= 0.6 is 11.6 Å². The van der Waals surface area contributed by atoms with E-state index >= 15 is 0 Å². The van der Waals surface area contributed by atoms with E-state index in [9.17, 15) is 4.79 Å². The normalized spacial score (nSPS) is 21.9. The van der Waals surface area contributed by atoms with Crippen molar-refractivity contribution in [1.82, 2.24) is 15.5 Å². The van der Waals surface area contributed by atoms with Crippen LogP contribution in [0.3, 0.4) is 0 Å². The number of fused-ring (bicyclic) bond motifs is 1. The van der Waals surface area contributed by atoms with Gasteiger partial charge in [0.1, 0.15) is 0 Å². The predicted octanol–water partition coefficient (Wildman–Crippen LogP) is 1.27. The molecule has 0 aliphatic carbocycles. The minimum atomic E-state index is 0.0595. The molecule has 2 fully saturated rings. The number of urea groups is 1. The summed E-state index contributed by atoms with van der Waals surface area (Å²) in [6, 6.07) is 6.32. The van der Waals surface area contributed by atoms with Gasteiger partial charge in [0.25, 0.3) is 0 Å². The smallest absolute Gasteiger partial charge is 0.317 e. The van der Waals surface area contributed by atoms with Crippen molar-refractivity contribution < 1.29 is 4.79 Å². The van der Waals surface area contributed by atoms with Gasteiger partial charge in [-0.3, -0.25) is 0 Å². The molecule has 2 aliphatic heterocycles. The van der Waals surface area contributed by atoms with Crippen molar-refractivity contribution in [2.75, 3.05) is 38.1 Å². The molecule has 2 N–H and O–H groups in total. The van der Waals surface area contributed by atoms with Gasteiger partial charge in [-0.2, -0.15) is 0 Å². The largest absolute Gasteiger partial charge is 0.366 e. The Hall–Kier alpha value is -1.46. The van der Waals surface area contributed by atoms with Crippen molar-refractivity contribution in [3.05, 3.63) is 28.8 Å². The molecule has 6 heteroatoms. The molecular weight excluding hydrogens is 276 g/mol. The molecule has 1 aromatic carbocycles. The van der Waals surface area contributed by atoms with E-state index in [4.69, 9.17) is 11.6 Å². The number of hydrogen-bond acceptors (Lipinski definition) is 3. The van der Waals surface area contributed by atoms with Crippen LogP contribution in [0.2, 0.25) is 5.02 Å². The van der Waals surface area contributed by atoms with E-state index in [1.165, 1.54) is 5.56 Å². The molecule has 108 valence electrons. The number of carbonyl (C=O) groups excluding carboxylic acids is 1. The fraction of sp³-hybridized carbons (Fsp3) is 0.500. The summed E-state index contributed by atoms with van der Waals surface area (Å²) in [5.74, 6) is 0. The fourth-order valence-electron chi connectivity index (χ4n) is 3.05. The molecule has 3 rings (SSSR count). The summed E-state index contributed by atoms with van der Waals surface area (Å²) < 4.78 is 0.